The lowest BCUT2D eigenvalue weighted by atomic mass is 10.1. The van der Waals surface area contributed by atoms with Gasteiger partial charge in [-0.3, -0.25) is 4.90 Å². The van der Waals surface area contributed by atoms with Crippen molar-refractivity contribution >= 4 is 0 Å². The molecule has 2 rings (SSSR count). The van der Waals surface area contributed by atoms with Gasteiger partial charge in [0.25, 0.3) is 0 Å². The number of likely N-dealkylation sites (N-methyl/N-ethyl adjacent to an activating group) is 1. The predicted molar refractivity (Wildman–Crippen MR) is 81.2 cm³/mol. The molecule has 1 aromatic carbocycles. The van der Waals surface area contributed by atoms with Crippen LogP contribution in [0.1, 0.15) is 24.5 Å². The van der Waals surface area contributed by atoms with Gasteiger partial charge in [0.2, 0.25) is 0 Å². The van der Waals surface area contributed by atoms with Gasteiger partial charge in [-0.15, -0.1) is 0 Å². The fourth-order valence-electron chi connectivity index (χ4n) is 2.51. The van der Waals surface area contributed by atoms with Crippen LogP contribution in [0.2, 0.25) is 0 Å². The topological polar surface area (TPSA) is 18.5 Å². The van der Waals surface area contributed by atoms with Crippen molar-refractivity contribution in [3.8, 4) is 0 Å². The third-order valence-electron chi connectivity index (χ3n) is 3.75. The van der Waals surface area contributed by atoms with E-state index in [1.807, 2.05) is 0 Å². The largest absolute Gasteiger partial charge is 0.313 e. The molecule has 1 saturated heterocycles. The Morgan fingerprint density at radius 2 is 1.84 bits per heavy atom. The Morgan fingerprint density at radius 3 is 2.58 bits per heavy atom. The zero-order chi connectivity index (χ0) is 13.5. The summed E-state index contributed by atoms with van der Waals surface area (Å²) in [5.74, 6) is 0. The summed E-state index contributed by atoms with van der Waals surface area (Å²) >= 11 is 0. The van der Waals surface area contributed by atoms with Crippen molar-refractivity contribution < 1.29 is 0 Å². The number of hydrogen-bond donors (Lipinski definition) is 1. The van der Waals surface area contributed by atoms with E-state index in [0.717, 1.165) is 19.6 Å². The van der Waals surface area contributed by atoms with E-state index < -0.39 is 0 Å². The number of piperazine rings is 1. The second-order valence-corrected chi connectivity index (χ2v) is 5.58. The molecule has 0 saturated carbocycles. The van der Waals surface area contributed by atoms with Crippen molar-refractivity contribution in [2.75, 3.05) is 39.8 Å². The van der Waals surface area contributed by atoms with Crippen LogP contribution in [0.25, 0.3) is 0 Å². The summed E-state index contributed by atoms with van der Waals surface area (Å²) in [6.45, 7) is 10.2. The van der Waals surface area contributed by atoms with E-state index in [2.05, 4.69) is 53.4 Å². The highest BCUT2D eigenvalue weighted by molar-refractivity contribution is 5.23. The molecule has 0 spiro atoms. The van der Waals surface area contributed by atoms with Crippen molar-refractivity contribution in [3.63, 3.8) is 0 Å². The molecule has 1 heterocycles. The number of benzene rings is 1. The molecule has 3 nitrogen and oxygen atoms in total. The minimum atomic E-state index is 0.990. The van der Waals surface area contributed by atoms with E-state index in [4.69, 9.17) is 0 Å². The van der Waals surface area contributed by atoms with Gasteiger partial charge in [0.15, 0.2) is 0 Å². The van der Waals surface area contributed by atoms with Crippen molar-refractivity contribution in [3.05, 3.63) is 35.4 Å². The van der Waals surface area contributed by atoms with Crippen LogP contribution >= 0.6 is 0 Å². The first-order chi connectivity index (χ1) is 9.28. The van der Waals surface area contributed by atoms with Crippen molar-refractivity contribution in [1.29, 1.82) is 0 Å². The summed E-state index contributed by atoms with van der Waals surface area (Å²) in [4.78, 5) is 4.96. The maximum absolute atomic E-state index is 3.47. The van der Waals surface area contributed by atoms with E-state index in [9.17, 15) is 0 Å². The standard InChI is InChI=1S/C16H27N3/c1-3-7-17-13-15-5-4-6-16(12-15)14-19-10-8-18(2)9-11-19/h4-6,12,17H,3,7-11,13-14H2,1-2H3. The average molecular weight is 261 g/mol. The molecule has 0 aliphatic carbocycles. The van der Waals surface area contributed by atoms with Crippen molar-refractivity contribution in [2.24, 2.45) is 0 Å². The van der Waals surface area contributed by atoms with E-state index in [1.165, 1.54) is 43.7 Å². The molecule has 1 fully saturated rings. The molecule has 1 N–H and O–H groups in total. The highest BCUT2D eigenvalue weighted by Crippen LogP contribution is 2.10. The van der Waals surface area contributed by atoms with E-state index in [-0.39, 0.29) is 0 Å². The molecule has 1 aliphatic rings. The molecule has 106 valence electrons. The quantitative estimate of drug-likeness (QED) is 0.790. The normalized spacial score (nSPS) is 17.8. The first-order valence-corrected chi connectivity index (χ1v) is 7.47. The molecule has 1 aliphatic heterocycles. The van der Waals surface area contributed by atoms with Crippen LogP contribution in [0.3, 0.4) is 0 Å². The zero-order valence-corrected chi connectivity index (χ0v) is 12.4. The summed E-state index contributed by atoms with van der Waals surface area (Å²) in [5.41, 5.74) is 2.85. The maximum atomic E-state index is 3.47. The van der Waals surface area contributed by atoms with E-state index in [1.54, 1.807) is 0 Å². The first-order valence-electron chi connectivity index (χ1n) is 7.47. The van der Waals surface area contributed by atoms with Crippen LogP contribution in [0.5, 0.6) is 0 Å². The van der Waals surface area contributed by atoms with E-state index in [0.29, 0.717) is 0 Å². The summed E-state index contributed by atoms with van der Waals surface area (Å²) in [6.07, 6.45) is 1.20. The van der Waals surface area contributed by atoms with Gasteiger partial charge in [0.05, 0.1) is 0 Å². The Kier molecular flexibility index (Phi) is 5.83. The zero-order valence-electron chi connectivity index (χ0n) is 12.4. The second-order valence-electron chi connectivity index (χ2n) is 5.58. The maximum Gasteiger partial charge on any atom is 0.0234 e. The Hall–Kier alpha value is -0.900. The van der Waals surface area contributed by atoms with Crippen LogP contribution in [0.15, 0.2) is 24.3 Å². The summed E-state index contributed by atoms with van der Waals surface area (Å²) in [5, 5.41) is 3.47. The summed E-state index contributed by atoms with van der Waals surface area (Å²) < 4.78 is 0. The van der Waals surface area contributed by atoms with Crippen LogP contribution < -0.4 is 5.32 Å². The lowest BCUT2D eigenvalue weighted by Crippen LogP contribution is -2.43. The van der Waals surface area contributed by atoms with Gasteiger partial charge in [-0.2, -0.15) is 0 Å². The van der Waals surface area contributed by atoms with Crippen LogP contribution in [-0.4, -0.2) is 49.6 Å². The van der Waals surface area contributed by atoms with Crippen molar-refractivity contribution in [1.82, 2.24) is 15.1 Å². The minimum absolute atomic E-state index is 0.990. The van der Waals surface area contributed by atoms with Crippen LogP contribution in [0, 0.1) is 0 Å². The lowest BCUT2D eigenvalue weighted by molar-refractivity contribution is 0.148. The number of rotatable bonds is 6. The van der Waals surface area contributed by atoms with Crippen LogP contribution in [-0.2, 0) is 13.1 Å². The Labute approximate surface area is 117 Å². The minimum Gasteiger partial charge on any atom is -0.313 e. The van der Waals surface area contributed by atoms with Gasteiger partial charge in [-0.05, 0) is 31.1 Å². The van der Waals surface area contributed by atoms with Gasteiger partial charge in [-0.25, -0.2) is 0 Å². The SMILES string of the molecule is CCCNCc1cccc(CN2CCN(C)CC2)c1. The second kappa shape index (κ2) is 7.63. The Balaban J connectivity index is 1.84. The number of nitrogens with one attached hydrogen (secondary N) is 1. The Bertz CT molecular complexity index is 370. The molecule has 3 heteroatoms. The van der Waals surface area contributed by atoms with Gasteiger partial charge < -0.3 is 10.2 Å². The molecular weight excluding hydrogens is 234 g/mol. The molecular formula is C16H27N3. The molecule has 0 amide bonds. The molecule has 0 atom stereocenters. The van der Waals surface area contributed by atoms with E-state index >= 15 is 0 Å². The van der Waals surface area contributed by atoms with Gasteiger partial charge in [0, 0.05) is 39.3 Å². The number of hydrogen-bond acceptors (Lipinski definition) is 3. The predicted octanol–water partition coefficient (Wildman–Crippen LogP) is 1.93. The van der Waals surface area contributed by atoms with Crippen LogP contribution in [0.4, 0.5) is 0 Å². The average Bonchev–Trinajstić information content (AvgIpc) is 2.42. The molecule has 0 unspecified atom stereocenters. The third kappa shape index (κ3) is 4.94. The Morgan fingerprint density at radius 1 is 1.11 bits per heavy atom. The highest BCUT2D eigenvalue weighted by atomic mass is 15.2. The monoisotopic (exact) mass is 261 g/mol. The molecule has 0 bridgehead atoms. The first kappa shape index (κ1) is 14.5. The smallest absolute Gasteiger partial charge is 0.0234 e. The molecule has 0 radical (unpaired) electrons. The van der Waals surface area contributed by atoms with Crippen molar-refractivity contribution in [2.45, 2.75) is 26.4 Å². The lowest BCUT2D eigenvalue weighted by Gasteiger charge is -2.32. The summed E-state index contributed by atoms with van der Waals surface area (Å²) in [6, 6.07) is 9.01. The fourth-order valence-corrected chi connectivity index (χ4v) is 2.51. The molecule has 0 aromatic heterocycles. The highest BCUT2D eigenvalue weighted by Gasteiger charge is 2.13. The third-order valence-corrected chi connectivity index (χ3v) is 3.75. The molecule has 1 aromatic rings. The number of nitrogens with zero attached hydrogens (tertiary/aromatic N) is 2. The molecule has 19 heavy (non-hydrogen) atoms. The van der Waals surface area contributed by atoms with Gasteiger partial charge in [0.1, 0.15) is 0 Å². The fraction of sp³-hybridized carbons (Fsp3) is 0.625. The summed E-state index contributed by atoms with van der Waals surface area (Å²) in [7, 11) is 2.21. The van der Waals surface area contributed by atoms with Gasteiger partial charge >= 0.3 is 0 Å². The van der Waals surface area contributed by atoms with Gasteiger partial charge in [-0.1, -0.05) is 31.2 Å².